The third-order valence-corrected chi connectivity index (χ3v) is 14.5. The Bertz CT molecular complexity index is 1590. The Balaban J connectivity index is 2.65. The van der Waals surface area contributed by atoms with Gasteiger partial charge >= 0.3 is 5.97 Å². The monoisotopic (exact) mass is 1100 g/mol. The predicted octanol–water partition coefficient (Wildman–Crippen LogP) is 15.3. The maximum absolute atomic E-state index is 13.4. The second kappa shape index (κ2) is 54.4. The number of esters is 1. The van der Waals surface area contributed by atoms with Crippen LogP contribution in [0.3, 0.4) is 0 Å². The molecule has 6 N–H and O–H groups in total. The molecule has 0 aliphatic carbocycles. The Kier molecular flexibility index (Phi) is 50.8. The van der Waals surface area contributed by atoms with Gasteiger partial charge in [-0.2, -0.15) is 0 Å². The predicted molar refractivity (Wildman–Crippen MR) is 324 cm³/mol. The molecule has 8 atom stereocenters. The Morgan fingerprint density at radius 1 is 0.513 bits per heavy atom. The molecule has 1 aliphatic rings. The van der Waals surface area contributed by atoms with Gasteiger partial charge < -0.3 is 45.1 Å². The van der Waals surface area contributed by atoms with Crippen LogP contribution in [0, 0.1) is 0 Å². The molecule has 1 amide bonds. The number of rotatable bonds is 53. The summed E-state index contributed by atoms with van der Waals surface area (Å²) < 4.78 is 17.6. The van der Waals surface area contributed by atoms with Gasteiger partial charge in [0.1, 0.15) is 24.4 Å². The minimum atomic E-state index is -1.62. The van der Waals surface area contributed by atoms with Gasteiger partial charge in [-0.25, -0.2) is 0 Å². The van der Waals surface area contributed by atoms with Crippen molar-refractivity contribution in [1.82, 2.24) is 5.32 Å². The quantitative estimate of drug-likeness (QED) is 0.0149. The first-order valence-corrected chi connectivity index (χ1v) is 31.9. The third kappa shape index (κ3) is 41.8. The molecule has 78 heavy (non-hydrogen) atoms. The number of ether oxygens (including phenoxy) is 3. The average molecular weight is 1100 g/mol. The van der Waals surface area contributed by atoms with E-state index < -0.39 is 67.4 Å². The van der Waals surface area contributed by atoms with E-state index in [9.17, 15) is 35.1 Å². The van der Waals surface area contributed by atoms with Crippen molar-refractivity contribution in [2.75, 3.05) is 13.2 Å². The fourth-order valence-electron chi connectivity index (χ4n) is 9.45. The van der Waals surface area contributed by atoms with Crippen molar-refractivity contribution < 1.29 is 49.3 Å². The summed E-state index contributed by atoms with van der Waals surface area (Å²) in [6, 6.07) is -1.04. The molecule has 11 nitrogen and oxygen atoms in total. The molecule has 0 bridgehead atoms. The number of amides is 1. The fraction of sp³-hybridized carbons (Fsp3) is 0.761. The van der Waals surface area contributed by atoms with Crippen molar-refractivity contribution in [3.05, 3.63) is 85.1 Å². The van der Waals surface area contributed by atoms with E-state index in [1.54, 1.807) is 6.08 Å². The van der Waals surface area contributed by atoms with Gasteiger partial charge in [0, 0.05) is 6.42 Å². The Labute approximate surface area is 476 Å². The Morgan fingerprint density at radius 2 is 0.923 bits per heavy atom. The smallest absolute Gasteiger partial charge is 0.306 e. The number of hydrogen-bond donors (Lipinski definition) is 6. The van der Waals surface area contributed by atoms with E-state index in [1.807, 2.05) is 6.08 Å². The van der Waals surface area contributed by atoms with Gasteiger partial charge in [-0.3, -0.25) is 9.59 Å². The molecule has 0 radical (unpaired) electrons. The summed E-state index contributed by atoms with van der Waals surface area (Å²) in [5.41, 5.74) is 0. The highest BCUT2D eigenvalue weighted by molar-refractivity contribution is 5.80. The van der Waals surface area contributed by atoms with Crippen LogP contribution in [0.4, 0.5) is 0 Å². The van der Waals surface area contributed by atoms with Gasteiger partial charge in [0.05, 0.1) is 25.4 Å². The number of hydrogen-bond acceptors (Lipinski definition) is 10. The van der Waals surface area contributed by atoms with E-state index in [1.165, 1.54) is 96.3 Å². The number of unbranched alkanes of at least 4 members (excludes halogenated alkanes) is 28. The van der Waals surface area contributed by atoms with Gasteiger partial charge in [-0.05, 0) is 96.3 Å². The van der Waals surface area contributed by atoms with Gasteiger partial charge in [-0.1, -0.05) is 247 Å². The van der Waals surface area contributed by atoms with Crippen LogP contribution in [0.1, 0.15) is 265 Å². The molecule has 1 rings (SSSR count). The van der Waals surface area contributed by atoms with Crippen molar-refractivity contribution >= 4 is 11.9 Å². The molecule has 8 unspecified atom stereocenters. The number of aliphatic hydroxyl groups is 5. The number of carbonyl (C=O) groups excluding carboxylic acids is 2. The molecule has 1 aliphatic heterocycles. The van der Waals surface area contributed by atoms with Crippen molar-refractivity contribution in [2.24, 2.45) is 0 Å². The maximum atomic E-state index is 13.4. The molecule has 1 heterocycles. The van der Waals surface area contributed by atoms with Crippen LogP contribution in [0.5, 0.6) is 0 Å². The first-order valence-electron chi connectivity index (χ1n) is 31.9. The van der Waals surface area contributed by atoms with Crippen LogP contribution in [0.2, 0.25) is 0 Å². The zero-order valence-electron chi connectivity index (χ0n) is 49.8. The molecule has 0 aromatic carbocycles. The lowest BCUT2D eigenvalue weighted by Crippen LogP contribution is -2.61. The Hall–Kier alpha value is -3.16. The summed E-state index contributed by atoms with van der Waals surface area (Å²) >= 11 is 0. The highest BCUT2D eigenvalue weighted by Gasteiger charge is 2.47. The number of carbonyl (C=O) groups is 2. The SMILES string of the molecule is CCCCC/C=C\C/C=C\C/C=C\C/C=C\CCCCCCCCCC(=O)OC1C(OCC(NC(=O)C(O)CCCCCCC/C=C/C=C/CCCCC)C(O)/C=C/CCCCCCCCCCCC)OC(CO)C(O)C1O. The lowest BCUT2D eigenvalue weighted by molar-refractivity contribution is -0.305. The van der Waals surface area contributed by atoms with E-state index in [-0.39, 0.29) is 19.4 Å². The largest absolute Gasteiger partial charge is 0.454 e. The first-order chi connectivity index (χ1) is 38.2. The summed E-state index contributed by atoms with van der Waals surface area (Å²) in [7, 11) is 0. The minimum Gasteiger partial charge on any atom is -0.454 e. The summed E-state index contributed by atoms with van der Waals surface area (Å²) in [6.07, 6.45) is 60.4. The average Bonchev–Trinajstić information content (AvgIpc) is 3.45. The van der Waals surface area contributed by atoms with E-state index in [4.69, 9.17) is 14.2 Å². The zero-order valence-corrected chi connectivity index (χ0v) is 49.8. The summed E-state index contributed by atoms with van der Waals surface area (Å²) in [4.78, 5) is 26.6. The van der Waals surface area contributed by atoms with Crippen LogP contribution in [-0.4, -0.2) is 99.6 Å². The lowest BCUT2D eigenvalue weighted by Gasteiger charge is -2.41. The first kappa shape index (κ1) is 72.9. The highest BCUT2D eigenvalue weighted by atomic mass is 16.7. The standard InChI is InChI=1S/C67H117NO10/c1-4-7-10-13-16-19-22-25-27-28-29-30-31-32-33-34-35-37-40-43-46-49-52-55-62(72)78-65-64(74)63(73)61(56-69)77-67(65)76-57-58(59(70)53-50-47-44-41-38-24-21-18-15-12-9-6-3)68-66(75)60(71)54-51-48-45-42-39-36-26-23-20-17-14-11-8-5-2/h16-17,19-20,23,25-27,29-30,32-33,50,53,58-61,63-65,67,69-71,73-74H,4-15,18,21-22,24,28,31,34-49,51-52,54-57H2,1-3H3,(H,68,75)/b19-16-,20-17+,26-23+,27-25-,30-29-,33-32-,53-50+. The molecule has 1 saturated heterocycles. The topological polar surface area (TPSA) is 175 Å². The van der Waals surface area contributed by atoms with Crippen LogP contribution < -0.4 is 5.32 Å². The van der Waals surface area contributed by atoms with Gasteiger partial charge in [0.25, 0.3) is 0 Å². The second-order valence-corrected chi connectivity index (χ2v) is 21.8. The van der Waals surface area contributed by atoms with Gasteiger partial charge in [0.2, 0.25) is 5.91 Å². The lowest BCUT2D eigenvalue weighted by atomic mass is 9.99. The van der Waals surface area contributed by atoms with Crippen LogP contribution >= 0.6 is 0 Å². The highest BCUT2D eigenvalue weighted by Crippen LogP contribution is 2.26. The molecule has 450 valence electrons. The maximum Gasteiger partial charge on any atom is 0.306 e. The molecule has 0 aromatic rings. The fourth-order valence-corrected chi connectivity index (χ4v) is 9.45. The summed E-state index contributed by atoms with van der Waals surface area (Å²) in [5.74, 6) is -1.22. The van der Waals surface area contributed by atoms with Crippen molar-refractivity contribution in [1.29, 1.82) is 0 Å². The molecule has 11 heteroatoms. The zero-order chi connectivity index (χ0) is 56.8. The van der Waals surface area contributed by atoms with Crippen molar-refractivity contribution in [3.8, 4) is 0 Å². The normalized spacial score (nSPS) is 19.5. The molecule has 1 fully saturated rings. The Morgan fingerprint density at radius 3 is 1.42 bits per heavy atom. The van der Waals surface area contributed by atoms with E-state index in [0.717, 1.165) is 122 Å². The van der Waals surface area contributed by atoms with Crippen LogP contribution in [0.25, 0.3) is 0 Å². The van der Waals surface area contributed by atoms with E-state index in [0.29, 0.717) is 12.8 Å². The van der Waals surface area contributed by atoms with Gasteiger partial charge in [-0.15, -0.1) is 0 Å². The number of nitrogens with one attached hydrogen (secondary N) is 1. The molecular weight excluding hydrogens is 979 g/mol. The van der Waals surface area contributed by atoms with E-state index in [2.05, 4.69) is 99.0 Å². The number of aliphatic hydroxyl groups excluding tert-OH is 5. The molecule has 0 aromatic heterocycles. The second-order valence-electron chi connectivity index (χ2n) is 21.8. The third-order valence-electron chi connectivity index (χ3n) is 14.5. The van der Waals surface area contributed by atoms with Gasteiger partial charge in [0.15, 0.2) is 12.4 Å². The minimum absolute atomic E-state index is 0.106. The molecule has 0 saturated carbocycles. The molecule has 0 spiro atoms. The molecular formula is C67H117NO10. The van der Waals surface area contributed by atoms with Crippen molar-refractivity contribution in [3.63, 3.8) is 0 Å². The van der Waals surface area contributed by atoms with E-state index >= 15 is 0 Å². The number of allylic oxidation sites excluding steroid dienone is 13. The van der Waals surface area contributed by atoms with Crippen molar-refractivity contribution in [2.45, 2.75) is 314 Å². The van der Waals surface area contributed by atoms with Crippen LogP contribution in [-0.2, 0) is 23.8 Å². The van der Waals surface area contributed by atoms with Crippen LogP contribution in [0.15, 0.2) is 85.1 Å². The summed E-state index contributed by atoms with van der Waals surface area (Å²) in [5, 5.41) is 57.0. The summed E-state index contributed by atoms with van der Waals surface area (Å²) in [6.45, 7) is 5.71.